The van der Waals surface area contributed by atoms with Crippen molar-refractivity contribution < 1.29 is 19.1 Å². The molecule has 1 saturated heterocycles. The maximum atomic E-state index is 12.6. The van der Waals surface area contributed by atoms with Crippen LogP contribution in [0.4, 0.5) is 5.69 Å². The summed E-state index contributed by atoms with van der Waals surface area (Å²) in [7, 11) is 0. The molecule has 1 N–H and O–H groups in total. The fourth-order valence-electron chi connectivity index (χ4n) is 3.84. The summed E-state index contributed by atoms with van der Waals surface area (Å²) in [5.74, 6) is 0.245. The molecule has 7 nitrogen and oxygen atoms in total. The Bertz CT molecular complexity index is 1320. The molecule has 1 aliphatic heterocycles. The van der Waals surface area contributed by atoms with Crippen LogP contribution in [0.15, 0.2) is 64.5 Å². The normalized spacial score (nSPS) is 15.5. The van der Waals surface area contributed by atoms with Gasteiger partial charge in [0.05, 0.1) is 29.4 Å². The molecule has 1 fully saturated rings. The molecule has 1 amide bonds. The van der Waals surface area contributed by atoms with Crippen LogP contribution >= 0.6 is 11.8 Å². The number of carbonyl (C=O) groups is 2. The van der Waals surface area contributed by atoms with Gasteiger partial charge in [0.25, 0.3) is 5.91 Å². The molecule has 1 aromatic heterocycles. The second-order valence-corrected chi connectivity index (χ2v) is 8.87. The SMILES string of the molecule is CCOC(=O)c1cccc(-n2c(C)cc(/C=C3/SC(=Nc4ccc(OCC)cc4)NC3=O)c2C)c1. The van der Waals surface area contributed by atoms with Crippen molar-refractivity contribution in [3.8, 4) is 11.4 Å². The highest BCUT2D eigenvalue weighted by molar-refractivity contribution is 8.18. The van der Waals surface area contributed by atoms with E-state index in [-0.39, 0.29) is 11.9 Å². The molecule has 2 heterocycles. The quantitative estimate of drug-likeness (QED) is 0.347. The Hall–Kier alpha value is -3.78. The molecule has 0 aliphatic carbocycles. The smallest absolute Gasteiger partial charge is 0.338 e. The third kappa shape index (κ3) is 5.49. The molecule has 4 rings (SSSR count). The second-order valence-electron chi connectivity index (χ2n) is 7.84. The number of amidine groups is 1. The number of esters is 1. The van der Waals surface area contributed by atoms with Crippen LogP contribution in [0, 0.1) is 13.8 Å². The zero-order chi connectivity index (χ0) is 24.9. The predicted octanol–water partition coefficient (Wildman–Crippen LogP) is 5.56. The zero-order valence-electron chi connectivity index (χ0n) is 20.1. The highest BCUT2D eigenvalue weighted by atomic mass is 32.2. The van der Waals surface area contributed by atoms with Gasteiger partial charge < -0.3 is 19.4 Å². The number of nitrogens with zero attached hydrogens (tertiary/aromatic N) is 2. The monoisotopic (exact) mass is 489 g/mol. The number of hydrogen-bond donors (Lipinski definition) is 1. The molecule has 0 bridgehead atoms. The van der Waals surface area contributed by atoms with Crippen molar-refractivity contribution in [3.05, 3.63) is 82.0 Å². The fraction of sp³-hybridized carbons (Fsp3) is 0.222. The van der Waals surface area contributed by atoms with Crippen LogP contribution in [0.1, 0.15) is 41.2 Å². The Balaban J connectivity index is 1.58. The summed E-state index contributed by atoms with van der Waals surface area (Å²) in [6.45, 7) is 8.63. The first kappa shape index (κ1) is 24.3. The Labute approximate surface area is 208 Å². The lowest BCUT2D eigenvalue weighted by Crippen LogP contribution is -2.19. The molecular weight excluding hydrogens is 462 g/mol. The van der Waals surface area contributed by atoms with Crippen molar-refractivity contribution in [2.75, 3.05) is 13.2 Å². The maximum absolute atomic E-state index is 12.6. The summed E-state index contributed by atoms with van der Waals surface area (Å²) in [5.41, 5.74) is 4.96. The van der Waals surface area contributed by atoms with Gasteiger partial charge in [0.1, 0.15) is 5.75 Å². The number of benzene rings is 2. The zero-order valence-corrected chi connectivity index (χ0v) is 20.9. The van der Waals surface area contributed by atoms with Gasteiger partial charge in [-0.3, -0.25) is 4.79 Å². The van der Waals surface area contributed by atoms with Gasteiger partial charge in [0.2, 0.25) is 0 Å². The van der Waals surface area contributed by atoms with Gasteiger partial charge >= 0.3 is 5.97 Å². The van der Waals surface area contributed by atoms with E-state index in [1.54, 1.807) is 13.0 Å². The van der Waals surface area contributed by atoms with E-state index in [9.17, 15) is 9.59 Å². The number of thioether (sulfide) groups is 1. The maximum Gasteiger partial charge on any atom is 0.338 e. The number of rotatable bonds is 7. The first-order chi connectivity index (χ1) is 16.9. The highest BCUT2D eigenvalue weighted by Crippen LogP contribution is 2.31. The van der Waals surface area contributed by atoms with E-state index < -0.39 is 0 Å². The van der Waals surface area contributed by atoms with Crippen LogP contribution < -0.4 is 10.1 Å². The van der Waals surface area contributed by atoms with E-state index >= 15 is 0 Å². The summed E-state index contributed by atoms with van der Waals surface area (Å²) in [6, 6.07) is 16.8. The number of aryl methyl sites for hydroxylation is 1. The minimum absolute atomic E-state index is 0.186. The van der Waals surface area contributed by atoms with Crippen molar-refractivity contribution in [1.29, 1.82) is 0 Å². The van der Waals surface area contributed by atoms with Crippen LogP contribution in [0.3, 0.4) is 0 Å². The van der Waals surface area contributed by atoms with Gasteiger partial charge in [0.15, 0.2) is 5.17 Å². The molecular formula is C27H27N3O4S. The fourth-order valence-corrected chi connectivity index (χ4v) is 4.67. The van der Waals surface area contributed by atoms with Crippen molar-refractivity contribution in [2.45, 2.75) is 27.7 Å². The number of aromatic nitrogens is 1. The van der Waals surface area contributed by atoms with Gasteiger partial charge in [-0.1, -0.05) is 6.07 Å². The van der Waals surface area contributed by atoms with E-state index in [0.717, 1.165) is 34.1 Å². The van der Waals surface area contributed by atoms with E-state index in [2.05, 4.69) is 14.9 Å². The number of nitrogens with one attached hydrogen (secondary N) is 1. The molecule has 0 radical (unpaired) electrons. The summed E-state index contributed by atoms with van der Waals surface area (Å²) < 4.78 is 12.6. The third-order valence-electron chi connectivity index (χ3n) is 5.40. The third-order valence-corrected chi connectivity index (χ3v) is 6.31. The van der Waals surface area contributed by atoms with Gasteiger partial charge in [-0.05, 0) is 99.6 Å². The lowest BCUT2D eigenvalue weighted by molar-refractivity contribution is -0.115. The molecule has 0 unspecified atom stereocenters. The molecule has 35 heavy (non-hydrogen) atoms. The van der Waals surface area contributed by atoms with E-state index in [1.165, 1.54) is 11.8 Å². The number of amides is 1. The molecule has 3 aromatic rings. The summed E-state index contributed by atoms with van der Waals surface area (Å²) in [6.07, 6.45) is 1.87. The van der Waals surface area contributed by atoms with Gasteiger partial charge in [-0.15, -0.1) is 0 Å². The first-order valence-electron chi connectivity index (χ1n) is 11.4. The Morgan fingerprint density at radius 2 is 1.86 bits per heavy atom. The lowest BCUT2D eigenvalue weighted by atomic mass is 10.2. The first-order valence-corrected chi connectivity index (χ1v) is 12.2. The summed E-state index contributed by atoms with van der Waals surface area (Å²) in [5, 5.41) is 3.36. The van der Waals surface area contributed by atoms with Crippen LogP contribution in [0.25, 0.3) is 11.8 Å². The van der Waals surface area contributed by atoms with Crippen molar-refractivity contribution >= 4 is 40.6 Å². The van der Waals surface area contributed by atoms with Crippen molar-refractivity contribution in [1.82, 2.24) is 9.88 Å². The minimum atomic E-state index is -0.350. The van der Waals surface area contributed by atoms with Crippen LogP contribution in [-0.2, 0) is 9.53 Å². The lowest BCUT2D eigenvalue weighted by Gasteiger charge is -2.11. The molecule has 0 saturated carbocycles. The van der Waals surface area contributed by atoms with Crippen molar-refractivity contribution in [3.63, 3.8) is 0 Å². The van der Waals surface area contributed by atoms with Crippen LogP contribution in [0.2, 0.25) is 0 Å². The molecule has 2 aromatic carbocycles. The average Bonchev–Trinajstić information content (AvgIpc) is 3.32. The van der Waals surface area contributed by atoms with Gasteiger partial charge in [-0.2, -0.15) is 0 Å². The Morgan fingerprint density at radius 1 is 1.09 bits per heavy atom. The van der Waals surface area contributed by atoms with Gasteiger partial charge in [0, 0.05) is 17.1 Å². The average molecular weight is 490 g/mol. The predicted molar refractivity (Wildman–Crippen MR) is 140 cm³/mol. The molecule has 1 aliphatic rings. The number of aliphatic imine (C=N–C) groups is 1. The Kier molecular flexibility index (Phi) is 7.41. The summed E-state index contributed by atoms with van der Waals surface area (Å²) >= 11 is 1.30. The second kappa shape index (κ2) is 10.7. The standard InChI is InChI=1S/C27H27N3O4S/c1-5-33-23-12-10-21(11-13-23)28-27-29-25(31)24(35-27)16-20-14-17(3)30(18(20)4)22-9-7-8-19(15-22)26(32)34-6-2/h7-16H,5-6H2,1-4H3,(H,28,29,31)/b24-16+. The van der Waals surface area contributed by atoms with E-state index in [4.69, 9.17) is 9.47 Å². The largest absolute Gasteiger partial charge is 0.494 e. The molecule has 0 atom stereocenters. The molecule has 8 heteroatoms. The summed E-state index contributed by atoms with van der Waals surface area (Å²) in [4.78, 5) is 29.9. The Morgan fingerprint density at radius 3 is 2.57 bits per heavy atom. The van der Waals surface area contributed by atoms with Crippen molar-refractivity contribution in [2.24, 2.45) is 4.99 Å². The molecule has 0 spiro atoms. The van der Waals surface area contributed by atoms with E-state index in [0.29, 0.717) is 28.9 Å². The number of ether oxygens (including phenoxy) is 2. The van der Waals surface area contributed by atoms with Crippen LogP contribution in [-0.4, -0.2) is 34.8 Å². The van der Waals surface area contributed by atoms with Crippen LogP contribution in [0.5, 0.6) is 5.75 Å². The number of carbonyl (C=O) groups excluding carboxylic acids is 2. The van der Waals surface area contributed by atoms with Gasteiger partial charge in [-0.25, -0.2) is 9.79 Å². The topological polar surface area (TPSA) is 81.9 Å². The van der Waals surface area contributed by atoms with E-state index in [1.807, 2.05) is 75.4 Å². The molecule has 180 valence electrons. The minimum Gasteiger partial charge on any atom is -0.494 e. The number of hydrogen-bond acceptors (Lipinski definition) is 6. The highest BCUT2D eigenvalue weighted by Gasteiger charge is 2.24.